The van der Waals surface area contributed by atoms with Gasteiger partial charge in [-0.3, -0.25) is 4.99 Å². The Morgan fingerprint density at radius 3 is 2.61 bits per heavy atom. The van der Waals surface area contributed by atoms with Gasteiger partial charge >= 0.3 is 0 Å². The van der Waals surface area contributed by atoms with Crippen LogP contribution in [0.3, 0.4) is 0 Å². The number of aromatic hydroxyl groups is 1. The van der Waals surface area contributed by atoms with Gasteiger partial charge in [0.2, 0.25) is 0 Å². The molecular weight excluding hydrogens is 290 g/mol. The van der Waals surface area contributed by atoms with Crippen LogP contribution in [0.2, 0.25) is 0 Å². The van der Waals surface area contributed by atoms with E-state index in [1.54, 1.807) is 18.3 Å². The molecule has 2 N–H and O–H groups in total. The largest absolute Gasteiger partial charge is 0.507 e. The smallest absolute Gasteiger partial charge is 0.123 e. The fraction of sp³-hybridized carbons (Fsp3) is 0.105. The first-order chi connectivity index (χ1) is 11.3. The van der Waals surface area contributed by atoms with Gasteiger partial charge in [0.1, 0.15) is 18.1 Å². The number of phenolic OH excluding ortho intramolecular Hbond substituents is 1. The summed E-state index contributed by atoms with van der Waals surface area (Å²) in [7, 11) is 0. The third-order valence-corrected chi connectivity index (χ3v) is 3.45. The monoisotopic (exact) mass is 307 g/mol. The van der Waals surface area contributed by atoms with Crippen LogP contribution in [0.1, 0.15) is 5.56 Å². The molecule has 0 bridgehead atoms. The van der Waals surface area contributed by atoms with Crippen LogP contribution < -0.4 is 4.74 Å². The Balaban J connectivity index is 1.90. The zero-order valence-corrected chi connectivity index (χ0v) is 12.5. The Morgan fingerprint density at radius 1 is 0.957 bits per heavy atom. The van der Waals surface area contributed by atoms with Gasteiger partial charge in [0.05, 0.1) is 12.3 Å². The average molecular weight is 307 g/mol. The summed E-state index contributed by atoms with van der Waals surface area (Å²) in [5.41, 5.74) is 1.69. The topological polar surface area (TPSA) is 62.0 Å². The van der Waals surface area contributed by atoms with Crippen LogP contribution in [-0.2, 0) is 0 Å². The Labute approximate surface area is 134 Å². The van der Waals surface area contributed by atoms with Crippen LogP contribution in [0.5, 0.6) is 11.5 Å². The molecular formula is C19H17NO3. The van der Waals surface area contributed by atoms with Crippen molar-refractivity contribution in [3.05, 3.63) is 66.2 Å². The second-order valence-corrected chi connectivity index (χ2v) is 5.05. The Kier molecular flexibility index (Phi) is 4.54. The molecule has 0 atom stereocenters. The first-order valence-corrected chi connectivity index (χ1v) is 7.36. The van der Waals surface area contributed by atoms with Crippen molar-refractivity contribution in [3.8, 4) is 11.5 Å². The van der Waals surface area contributed by atoms with Crippen molar-refractivity contribution >= 4 is 22.7 Å². The van der Waals surface area contributed by atoms with Crippen LogP contribution in [0.25, 0.3) is 10.8 Å². The molecule has 0 unspecified atom stereocenters. The molecule has 0 saturated heterocycles. The normalized spacial score (nSPS) is 11.2. The second kappa shape index (κ2) is 6.94. The zero-order valence-electron chi connectivity index (χ0n) is 12.5. The van der Waals surface area contributed by atoms with Gasteiger partial charge in [-0.05, 0) is 29.8 Å². The molecule has 0 radical (unpaired) electrons. The quantitative estimate of drug-likeness (QED) is 0.707. The van der Waals surface area contributed by atoms with E-state index in [4.69, 9.17) is 9.84 Å². The summed E-state index contributed by atoms with van der Waals surface area (Å²) in [5, 5.41) is 20.4. The highest BCUT2D eigenvalue weighted by atomic mass is 16.5. The second-order valence-electron chi connectivity index (χ2n) is 5.05. The molecule has 3 aromatic carbocycles. The van der Waals surface area contributed by atoms with Gasteiger partial charge in [-0.1, -0.05) is 36.4 Å². The Morgan fingerprint density at radius 2 is 1.74 bits per heavy atom. The minimum absolute atomic E-state index is 0.0161. The lowest BCUT2D eigenvalue weighted by Gasteiger charge is -2.05. The number of phenols is 1. The van der Waals surface area contributed by atoms with Gasteiger partial charge in [0.25, 0.3) is 0 Å². The third kappa shape index (κ3) is 3.49. The van der Waals surface area contributed by atoms with Crippen LogP contribution in [0.4, 0.5) is 5.69 Å². The molecule has 0 fully saturated rings. The van der Waals surface area contributed by atoms with Crippen LogP contribution in [-0.4, -0.2) is 29.6 Å². The summed E-state index contributed by atoms with van der Waals surface area (Å²) in [5.74, 6) is 0.942. The number of ether oxygens (including phenoxy) is 1. The van der Waals surface area contributed by atoms with Gasteiger partial charge in [-0.2, -0.15) is 0 Å². The van der Waals surface area contributed by atoms with E-state index in [2.05, 4.69) is 4.99 Å². The van der Waals surface area contributed by atoms with Crippen molar-refractivity contribution in [1.82, 2.24) is 0 Å². The number of aliphatic hydroxyl groups excluding tert-OH is 1. The predicted octanol–water partition coefficient (Wildman–Crippen LogP) is 3.67. The van der Waals surface area contributed by atoms with Gasteiger partial charge in [0.15, 0.2) is 0 Å². The molecule has 0 aromatic heterocycles. The molecule has 0 heterocycles. The van der Waals surface area contributed by atoms with E-state index in [1.165, 1.54) is 0 Å². The lowest BCUT2D eigenvalue weighted by molar-refractivity contribution is 0.201. The maximum atomic E-state index is 9.91. The standard InChI is InChI=1S/C19H17NO3/c21-10-11-23-15-5-1-4-14(12-15)13-20-18-8-2-7-17-16(18)6-3-9-19(17)22/h1-9,12-13,21-22H,10-11H2. The van der Waals surface area contributed by atoms with E-state index in [9.17, 15) is 5.11 Å². The minimum Gasteiger partial charge on any atom is -0.507 e. The van der Waals surface area contributed by atoms with E-state index in [1.807, 2.05) is 48.5 Å². The number of aliphatic imine (C=N–C) groups is 1. The number of rotatable bonds is 5. The van der Waals surface area contributed by atoms with Crippen molar-refractivity contribution in [2.75, 3.05) is 13.2 Å². The molecule has 23 heavy (non-hydrogen) atoms. The van der Waals surface area contributed by atoms with E-state index < -0.39 is 0 Å². The number of nitrogens with zero attached hydrogens (tertiary/aromatic N) is 1. The fourth-order valence-electron chi connectivity index (χ4n) is 2.38. The van der Waals surface area contributed by atoms with Crippen molar-refractivity contribution in [3.63, 3.8) is 0 Å². The van der Waals surface area contributed by atoms with E-state index in [-0.39, 0.29) is 19.0 Å². The maximum Gasteiger partial charge on any atom is 0.123 e. The van der Waals surface area contributed by atoms with Crippen molar-refractivity contribution in [1.29, 1.82) is 0 Å². The first kappa shape index (κ1) is 15.1. The summed E-state index contributed by atoms with van der Waals surface area (Å²) in [4.78, 5) is 4.53. The lowest BCUT2D eigenvalue weighted by atomic mass is 10.1. The highest BCUT2D eigenvalue weighted by molar-refractivity contribution is 5.98. The zero-order chi connectivity index (χ0) is 16.1. The maximum absolute atomic E-state index is 9.91. The fourth-order valence-corrected chi connectivity index (χ4v) is 2.38. The third-order valence-electron chi connectivity index (χ3n) is 3.45. The molecule has 3 aromatic rings. The SMILES string of the molecule is OCCOc1cccc(C=Nc2cccc3c(O)cccc23)c1. The summed E-state index contributed by atoms with van der Waals surface area (Å²) in [6.07, 6.45) is 1.75. The molecule has 0 aliphatic carbocycles. The van der Waals surface area contributed by atoms with Gasteiger partial charge in [-0.25, -0.2) is 0 Å². The number of hydrogen-bond acceptors (Lipinski definition) is 4. The molecule has 0 spiro atoms. The van der Waals surface area contributed by atoms with E-state index in [0.717, 1.165) is 22.0 Å². The molecule has 4 nitrogen and oxygen atoms in total. The van der Waals surface area contributed by atoms with Gasteiger partial charge in [-0.15, -0.1) is 0 Å². The lowest BCUT2D eigenvalue weighted by Crippen LogP contribution is -2.01. The Bertz CT molecular complexity index is 843. The van der Waals surface area contributed by atoms with Crippen LogP contribution >= 0.6 is 0 Å². The summed E-state index contributed by atoms with van der Waals surface area (Å²) in [6, 6.07) is 18.6. The van der Waals surface area contributed by atoms with Crippen LogP contribution in [0, 0.1) is 0 Å². The predicted molar refractivity (Wildman–Crippen MR) is 91.9 cm³/mol. The van der Waals surface area contributed by atoms with Crippen molar-refractivity contribution < 1.29 is 14.9 Å². The number of benzene rings is 3. The molecule has 3 rings (SSSR count). The summed E-state index contributed by atoms with van der Waals surface area (Å²) in [6.45, 7) is 0.251. The van der Waals surface area contributed by atoms with Gasteiger partial charge < -0.3 is 14.9 Å². The van der Waals surface area contributed by atoms with Crippen molar-refractivity contribution in [2.45, 2.75) is 0 Å². The summed E-state index contributed by atoms with van der Waals surface area (Å²) < 4.78 is 5.39. The first-order valence-electron chi connectivity index (χ1n) is 7.36. The molecule has 0 aliphatic rings. The summed E-state index contributed by atoms with van der Waals surface area (Å²) >= 11 is 0. The molecule has 0 saturated carbocycles. The van der Waals surface area contributed by atoms with Crippen molar-refractivity contribution in [2.24, 2.45) is 4.99 Å². The highest BCUT2D eigenvalue weighted by Crippen LogP contribution is 2.31. The Hall–Kier alpha value is -2.85. The van der Waals surface area contributed by atoms with Crippen LogP contribution in [0.15, 0.2) is 65.7 Å². The highest BCUT2D eigenvalue weighted by Gasteiger charge is 2.02. The number of aliphatic hydroxyl groups is 1. The average Bonchev–Trinajstić information content (AvgIpc) is 2.59. The van der Waals surface area contributed by atoms with E-state index >= 15 is 0 Å². The number of hydrogen-bond donors (Lipinski definition) is 2. The molecule has 0 amide bonds. The molecule has 116 valence electrons. The van der Waals surface area contributed by atoms with Gasteiger partial charge in [0, 0.05) is 17.0 Å². The minimum atomic E-state index is -0.0161. The van der Waals surface area contributed by atoms with E-state index in [0.29, 0.717) is 5.75 Å². The molecule has 0 aliphatic heterocycles. The number of fused-ring (bicyclic) bond motifs is 1. The molecule has 4 heteroatoms.